The second-order valence-corrected chi connectivity index (χ2v) is 4.39. The molecule has 0 bridgehead atoms. The third-order valence-corrected chi connectivity index (χ3v) is 2.56. The zero-order valence-corrected chi connectivity index (χ0v) is 10.8. The molecule has 0 atom stereocenters. The first-order chi connectivity index (χ1) is 8.60. The highest BCUT2D eigenvalue weighted by atomic mass is 16.5. The van der Waals surface area contributed by atoms with E-state index in [0.717, 1.165) is 17.9 Å². The van der Waals surface area contributed by atoms with Gasteiger partial charge in [-0.15, -0.1) is 0 Å². The Morgan fingerprint density at radius 3 is 2.67 bits per heavy atom. The van der Waals surface area contributed by atoms with Crippen molar-refractivity contribution in [1.29, 1.82) is 0 Å². The van der Waals surface area contributed by atoms with Crippen LogP contribution in [0.15, 0.2) is 28.8 Å². The molecule has 2 rings (SSSR count). The van der Waals surface area contributed by atoms with Crippen LogP contribution in [0.5, 0.6) is 5.75 Å². The van der Waals surface area contributed by atoms with Crippen LogP contribution >= 0.6 is 0 Å². The molecule has 0 spiro atoms. The summed E-state index contributed by atoms with van der Waals surface area (Å²) in [5, 5.41) is 3.70. The molecule has 5 nitrogen and oxygen atoms in total. The summed E-state index contributed by atoms with van der Waals surface area (Å²) in [7, 11) is 5.68. The largest absolute Gasteiger partial charge is 0.496 e. The Labute approximate surface area is 106 Å². The zero-order valence-electron chi connectivity index (χ0n) is 10.8. The molecule has 0 aliphatic carbocycles. The lowest BCUT2D eigenvalue weighted by Crippen LogP contribution is -2.10. The van der Waals surface area contributed by atoms with Crippen LogP contribution in [0.4, 0.5) is 5.82 Å². The van der Waals surface area contributed by atoms with Gasteiger partial charge in [-0.3, -0.25) is 0 Å². The molecular weight excluding hydrogens is 230 g/mol. The van der Waals surface area contributed by atoms with E-state index in [2.05, 4.69) is 10.1 Å². The van der Waals surface area contributed by atoms with Gasteiger partial charge in [-0.1, -0.05) is 11.2 Å². The Bertz CT molecular complexity index is 535. The van der Waals surface area contributed by atoms with Gasteiger partial charge >= 0.3 is 0 Å². The highest BCUT2D eigenvalue weighted by Crippen LogP contribution is 2.32. The Morgan fingerprint density at radius 2 is 2.11 bits per heavy atom. The van der Waals surface area contributed by atoms with Crippen LogP contribution < -0.4 is 10.5 Å². The minimum Gasteiger partial charge on any atom is -0.496 e. The van der Waals surface area contributed by atoms with E-state index in [4.69, 9.17) is 15.0 Å². The molecule has 0 fully saturated rings. The fourth-order valence-electron chi connectivity index (χ4n) is 1.83. The normalized spacial score (nSPS) is 10.9. The second-order valence-electron chi connectivity index (χ2n) is 4.39. The van der Waals surface area contributed by atoms with Crippen LogP contribution in [0.25, 0.3) is 11.3 Å². The maximum Gasteiger partial charge on any atom is 0.172 e. The number of ether oxygens (including phenoxy) is 1. The van der Waals surface area contributed by atoms with Crippen molar-refractivity contribution in [3.8, 4) is 17.1 Å². The first-order valence-corrected chi connectivity index (χ1v) is 5.64. The first-order valence-electron chi connectivity index (χ1n) is 5.64. The lowest BCUT2D eigenvalue weighted by molar-refractivity contribution is 0.397. The van der Waals surface area contributed by atoms with E-state index in [1.54, 1.807) is 13.2 Å². The van der Waals surface area contributed by atoms with Gasteiger partial charge < -0.3 is 19.9 Å². The van der Waals surface area contributed by atoms with Crippen molar-refractivity contribution < 1.29 is 9.26 Å². The summed E-state index contributed by atoms with van der Waals surface area (Å²) in [6.07, 6.45) is 0. The van der Waals surface area contributed by atoms with Gasteiger partial charge in [0.05, 0.1) is 12.7 Å². The third kappa shape index (κ3) is 2.62. The van der Waals surface area contributed by atoms with Crippen molar-refractivity contribution in [1.82, 2.24) is 10.1 Å². The molecule has 0 radical (unpaired) electrons. The fourth-order valence-corrected chi connectivity index (χ4v) is 1.83. The van der Waals surface area contributed by atoms with Gasteiger partial charge in [-0.25, -0.2) is 0 Å². The highest BCUT2D eigenvalue weighted by molar-refractivity contribution is 5.68. The van der Waals surface area contributed by atoms with Gasteiger partial charge in [-0.05, 0) is 31.8 Å². The lowest BCUT2D eigenvalue weighted by Gasteiger charge is -2.12. The van der Waals surface area contributed by atoms with E-state index < -0.39 is 0 Å². The summed E-state index contributed by atoms with van der Waals surface area (Å²) in [5.41, 5.74) is 7.61. The molecule has 0 aliphatic heterocycles. The monoisotopic (exact) mass is 247 g/mol. The minimum atomic E-state index is 0.366. The molecule has 96 valence electrons. The molecule has 1 heterocycles. The predicted octanol–water partition coefficient (Wildman–Crippen LogP) is 1.99. The van der Waals surface area contributed by atoms with Crippen LogP contribution in [-0.2, 0) is 6.54 Å². The summed E-state index contributed by atoms with van der Waals surface area (Å²) in [5.74, 6) is 1.73. The standard InChI is InChI=1S/C13H17N3O2/c1-16(2)8-9-4-5-11(17-3)10(6-9)12-7-13(14)15-18-12/h4-7H,8H2,1-3H3,(H2,14,15). The van der Waals surface area contributed by atoms with Crippen molar-refractivity contribution in [3.05, 3.63) is 29.8 Å². The molecule has 1 aromatic heterocycles. The van der Waals surface area contributed by atoms with E-state index in [1.807, 2.05) is 32.3 Å². The molecule has 1 aromatic carbocycles. The smallest absolute Gasteiger partial charge is 0.172 e. The van der Waals surface area contributed by atoms with Crippen molar-refractivity contribution in [3.63, 3.8) is 0 Å². The number of hydrogen-bond donors (Lipinski definition) is 1. The number of nitrogens with two attached hydrogens (primary N) is 1. The van der Waals surface area contributed by atoms with Crippen molar-refractivity contribution >= 4 is 5.82 Å². The number of benzene rings is 1. The topological polar surface area (TPSA) is 64.5 Å². The number of nitrogen functional groups attached to an aromatic ring is 1. The van der Waals surface area contributed by atoms with Crippen molar-refractivity contribution in [2.75, 3.05) is 26.9 Å². The molecule has 0 aliphatic rings. The summed E-state index contributed by atoms with van der Waals surface area (Å²) in [6.45, 7) is 0.848. The van der Waals surface area contributed by atoms with E-state index in [-0.39, 0.29) is 0 Å². The lowest BCUT2D eigenvalue weighted by atomic mass is 10.1. The Kier molecular flexibility index (Phi) is 3.53. The van der Waals surface area contributed by atoms with Crippen LogP contribution in [0.2, 0.25) is 0 Å². The number of anilines is 1. The van der Waals surface area contributed by atoms with Crippen LogP contribution in [0.3, 0.4) is 0 Å². The number of nitrogens with zero attached hydrogens (tertiary/aromatic N) is 2. The summed E-state index contributed by atoms with van der Waals surface area (Å²) < 4.78 is 10.5. The van der Waals surface area contributed by atoms with Gasteiger partial charge in [-0.2, -0.15) is 0 Å². The van der Waals surface area contributed by atoms with E-state index in [1.165, 1.54) is 5.56 Å². The zero-order chi connectivity index (χ0) is 13.1. The number of aromatic nitrogens is 1. The van der Waals surface area contributed by atoms with Crippen LogP contribution in [0.1, 0.15) is 5.56 Å². The second kappa shape index (κ2) is 5.10. The Morgan fingerprint density at radius 1 is 1.33 bits per heavy atom. The minimum absolute atomic E-state index is 0.366. The van der Waals surface area contributed by atoms with Crippen molar-refractivity contribution in [2.45, 2.75) is 6.54 Å². The maximum absolute atomic E-state index is 5.57. The van der Waals surface area contributed by atoms with Crippen LogP contribution in [-0.4, -0.2) is 31.3 Å². The van der Waals surface area contributed by atoms with Gasteiger partial charge in [0.25, 0.3) is 0 Å². The van der Waals surface area contributed by atoms with Gasteiger partial charge in [0.15, 0.2) is 11.6 Å². The molecular formula is C13H17N3O2. The quantitative estimate of drug-likeness (QED) is 0.895. The summed E-state index contributed by atoms with van der Waals surface area (Å²) in [6, 6.07) is 7.67. The Hall–Kier alpha value is -2.01. The van der Waals surface area contributed by atoms with Gasteiger partial charge in [0.2, 0.25) is 0 Å². The Balaban J connectivity index is 2.42. The highest BCUT2D eigenvalue weighted by Gasteiger charge is 2.12. The molecule has 2 aromatic rings. The average molecular weight is 247 g/mol. The fraction of sp³-hybridized carbons (Fsp3) is 0.308. The summed E-state index contributed by atoms with van der Waals surface area (Å²) >= 11 is 0. The molecule has 5 heteroatoms. The molecule has 0 unspecified atom stereocenters. The van der Waals surface area contributed by atoms with E-state index >= 15 is 0 Å². The SMILES string of the molecule is COc1ccc(CN(C)C)cc1-c1cc(N)no1. The van der Waals surface area contributed by atoms with Gasteiger partial charge in [0, 0.05) is 12.6 Å². The number of hydrogen-bond acceptors (Lipinski definition) is 5. The van der Waals surface area contributed by atoms with E-state index in [9.17, 15) is 0 Å². The van der Waals surface area contributed by atoms with E-state index in [0.29, 0.717) is 11.6 Å². The first kappa shape index (κ1) is 12.4. The van der Waals surface area contributed by atoms with Gasteiger partial charge in [0.1, 0.15) is 5.75 Å². The molecule has 2 N–H and O–H groups in total. The van der Waals surface area contributed by atoms with Crippen molar-refractivity contribution in [2.24, 2.45) is 0 Å². The molecule has 0 saturated heterocycles. The predicted molar refractivity (Wildman–Crippen MR) is 70.3 cm³/mol. The molecule has 0 amide bonds. The molecule has 18 heavy (non-hydrogen) atoms. The molecule has 0 saturated carbocycles. The number of methoxy groups -OCH3 is 1. The summed E-state index contributed by atoms with van der Waals surface area (Å²) in [4.78, 5) is 2.10. The third-order valence-electron chi connectivity index (χ3n) is 2.56. The maximum atomic E-state index is 5.57. The number of rotatable bonds is 4. The van der Waals surface area contributed by atoms with Crippen LogP contribution in [0, 0.1) is 0 Å². The average Bonchev–Trinajstić information content (AvgIpc) is 2.75.